The SMILES string of the molecule is Cc1cc(=O)c(C(=O)Nc2ccc(C(=O)Nc3nccs3)cc2)nn1-c1ccc(Cl)cc1. The summed E-state index contributed by atoms with van der Waals surface area (Å²) in [7, 11) is 0. The maximum Gasteiger partial charge on any atom is 0.280 e. The Morgan fingerprint density at radius 3 is 2.38 bits per heavy atom. The summed E-state index contributed by atoms with van der Waals surface area (Å²) in [6.45, 7) is 1.72. The van der Waals surface area contributed by atoms with Crippen LogP contribution in [0.3, 0.4) is 0 Å². The summed E-state index contributed by atoms with van der Waals surface area (Å²) >= 11 is 7.24. The highest BCUT2D eigenvalue weighted by Gasteiger charge is 2.16. The van der Waals surface area contributed by atoms with E-state index in [-0.39, 0.29) is 11.6 Å². The van der Waals surface area contributed by atoms with Crippen LogP contribution in [0.15, 0.2) is 71.0 Å². The van der Waals surface area contributed by atoms with Gasteiger partial charge in [-0.2, -0.15) is 5.10 Å². The van der Waals surface area contributed by atoms with Crippen molar-refractivity contribution in [2.45, 2.75) is 6.92 Å². The van der Waals surface area contributed by atoms with Gasteiger partial charge in [0.1, 0.15) is 0 Å². The fraction of sp³-hybridized carbons (Fsp3) is 0.0455. The molecule has 8 nitrogen and oxygen atoms in total. The zero-order valence-electron chi connectivity index (χ0n) is 16.7. The Labute approximate surface area is 191 Å². The molecule has 2 heterocycles. The van der Waals surface area contributed by atoms with E-state index in [0.29, 0.717) is 32.8 Å². The van der Waals surface area contributed by atoms with Gasteiger partial charge < -0.3 is 5.32 Å². The zero-order valence-corrected chi connectivity index (χ0v) is 18.3. The van der Waals surface area contributed by atoms with Crippen LogP contribution in [0.4, 0.5) is 10.8 Å². The van der Waals surface area contributed by atoms with Crippen molar-refractivity contribution in [1.82, 2.24) is 14.8 Å². The van der Waals surface area contributed by atoms with E-state index in [1.54, 1.807) is 67.0 Å². The van der Waals surface area contributed by atoms with Crippen molar-refractivity contribution in [2.24, 2.45) is 0 Å². The summed E-state index contributed by atoms with van der Waals surface area (Å²) in [6.07, 6.45) is 1.60. The minimum absolute atomic E-state index is 0.254. The van der Waals surface area contributed by atoms with Gasteiger partial charge >= 0.3 is 0 Å². The Bertz CT molecular complexity index is 1330. The molecule has 2 N–H and O–H groups in total. The molecule has 0 unspecified atom stereocenters. The predicted octanol–water partition coefficient (Wildman–Crippen LogP) is 4.16. The maximum atomic E-state index is 12.7. The van der Waals surface area contributed by atoms with Gasteiger partial charge in [0.05, 0.1) is 5.69 Å². The maximum absolute atomic E-state index is 12.7. The lowest BCUT2D eigenvalue weighted by Crippen LogP contribution is -2.26. The van der Waals surface area contributed by atoms with Gasteiger partial charge in [0, 0.05) is 39.6 Å². The molecule has 0 spiro atoms. The largest absolute Gasteiger partial charge is 0.320 e. The number of nitrogens with zero attached hydrogens (tertiary/aromatic N) is 3. The smallest absolute Gasteiger partial charge is 0.280 e. The van der Waals surface area contributed by atoms with Crippen LogP contribution in [-0.2, 0) is 0 Å². The Morgan fingerprint density at radius 1 is 1.00 bits per heavy atom. The summed E-state index contributed by atoms with van der Waals surface area (Å²) in [6, 6.07) is 14.5. The van der Waals surface area contributed by atoms with Crippen molar-refractivity contribution in [2.75, 3.05) is 10.6 Å². The number of benzene rings is 2. The molecule has 2 aromatic carbocycles. The fourth-order valence-corrected chi connectivity index (χ4v) is 3.55. The normalized spacial score (nSPS) is 10.6. The molecular formula is C22H16ClN5O3S. The first kappa shape index (κ1) is 21.4. The van der Waals surface area contributed by atoms with Gasteiger partial charge in [-0.3, -0.25) is 19.7 Å². The predicted molar refractivity (Wildman–Crippen MR) is 124 cm³/mol. The molecule has 2 amide bonds. The van der Waals surface area contributed by atoms with Gasteiger partial charge in [0.15, 0.2) is 10.8 Å². The van der Waals surface area contributed by atoms with Crippen molar-refractivity contribution >= 4 is 45.6 Å². The summed E-state index contributed by atoms with van der Waals surface area (Å²) in [5.74, 6) is -0.971. The van der Waals surface area contributed by atoms with Crippen LogP contribution in [0.1, 0.15) is 26.5 Å². The zero-order chi connectivity index (χ0) is 22.7. The van der Waals surface area contributed by atoms with Gasteiger partial charge in [-0.15, -0.1) is 11.3 Å². The van der Waals surface area contributed by atoms with Crippen molar-refractivity contribution in [3.8, 4) is 5.69 Å². The number of anilines is 2. The number of aromatic nitrogens is 3. The van der Waals surface area contributed by atoms with E-state index in [9.17, 15) is 14.4 Å². The van der Waals surface area contributed by atoms with E-state index in [4.69, 9.17) is 11.6 Å². The second-order valence-corrected chi connectivity index (χ2v) is 8.04. The number of nitrogens with one attached hydrogen (secondary N) is 2. The van der Waals surface area contributed by atoms with Gasteiger partial charge in [-0.1, -0.05) is 11.6 Å². The third-order valence-corrected chi connectivity index (χ3v) is 5.39. The Morgan fingerprint density at radius 2 is 1.72 bits per heavy atom. The molecule has 0 radical (unpaired) electrons. The lowest BCUT2D eigenvalue weighted by molar-refractivity contribution is 0.101. The monoisotopic (exact) mass is 465 g/mol. The number of aryl methyl sites for hydroxylation is 1. The molecule has 10 heteroatoms. The number of rotatable bonds is 5. The van der Waals surface area contributed by atoms with Gasteiger partial charge in [0.25, 0.3) is 11.8 Å². The molecule has 0 bridgehead atoms. The van der Waals surface area contributed by atoms with E-state index in [1.165, 1.54) is 22.1 Å². The van der Waals surface area contributed by atoms with Gasteiger partial charge in [-0.25, -0.2) is 9.67 Å². The van der Waals surface area contributed by atoms with Crippen LogP contribution in [0, 0.1) is 6.92 Å². The highest BCUT2D eigenvalue weighted by molar-refractivity contribution is 7.13. The Kier molecular flexibility index (Phi) is 6.11. The average molecular weight is 466 g/mol. The summed E-state index contributed by atoms with van der Waals surface area (Å²) in [5.41, 5.74) is 1.30. The fourth-order valence-electron chi connectivity index (χ4n) is 2.90. The number of carbonyl (C=O) groups is 2. The van der Waals surface area contributed by atoms with Crippen molar-refractivity contribution < 1.29 is 9.59 Å². The third-order valence-electron chi connectivity index (χ3n) is 4.45. The van der Waals surface area contributed by atoms with Crippen LogP contribution >= 0.6 is 22.9 Å². The highest BCUT2D eigenvalue weighted by atomic mass is 35.5. The van der Waals surface area contributed by atoms with Gasteiger partial charge in [-0.05, 0) is 55.5 Å². The van der Waals surface area contributed by atoms with Crippen LogP contribution in [0.25, 0.3) is 5.69 Å². The number of carbonyl (C=O) groups excluding carboxylic acids is 2. The molecule has 0 aliphatic heterocycles. The average Bonchev–Trinajstić information content (AvgIpc) is 3.28. The summed E-state index contributed by atoms with van der Waals surface area (Å²) in [4.78, 5) is 41.4. The van der Waals surface area contributed by atoms with Crippen LogP contribution in [0.5, 0.6) is 0 Å². The molecule has 0 saturated carbocycles. The van der Waals surface area contributed by atoms with Crippen molar-refractivity contribution in [3.05, 3.63) is 98.4 Å². The number of halogens is 1. The minimum atomic E-state index is -0.655. The third kappa shape index (κ3) is 4.74. The van der Waals surface area contributed by atoms with E-state index in [1.807, 2.05) is 0 Å². The number of hydrogen-bond donors (Lipinski definition) is 2. The van der Waals surface area contributed by atoms with Gasteiger partial charge in [0.2, 0.25) is 5.43 Å². The quantitative estimate of drug-likeness (QED) is 0.460. The molecule has 0 aliphatic rings. The van der Waals surface area contributed by atoms with Crippen molar-refractivity contribution in [1.29, 1.82) is 0 Å². The molecule has 0 aliphatic carbocycles. The molecule has 2 aromatic heterocycles. The molecule has 160 valence electrons. The van der Waals surface area contributed by atoms with Crippen LogP contribution in [-0.4, -0.2) is 26.6 Å². The first-order valence-electron chi connectivity index (χ1n) is 9.40. The van der Waals surface area contributed by atoms with E-state index in [0.717, 1.165) is 0 Å². The van der Waals surface area contributed by atoms with E-state index in [2.05, 4.69) is 20.7 Å². The topological polar surface area (TPSA) is 106 Å². The molecule has 0 fully saturated rings. The Balaban J connectivity index is 1.52. The second kappa shape index (κ2) is 9.13. The van der Waals surface area contributed by atoms with E-state index < -0.39 is 11.3 Å². The lowest BCUT2D eigenvalue weighted by Gasteiger charge is -2.11. The Hall–Kier alpha value is -3.82. The van der Waals surface area contributed by atoms with Crippen molar-refractivity contribution in [3.63, 3.8) is 0 Å². The standard InChI is InChI=1S/C22H16ClN5O3S/c1-13-12-18(29)19(27-28(13)17-8-4-15(23)5-9-17)21(31)25-16-6-2-14(3-7-16)20(30)26-22-24-10-11-32-22/h2-12H,1H3,(H,25,31)(H,24,26,30). The minimum Gasteiger partial charge on any atom is -0.320 e. The lowest BCUT2D eigenvalue weighted by atomic mass is 10.2. The number of amides is 2. The first-order valence-corrected chi connectivity index (χ1v) is 10.7. The molecule has 0 saturated heterocycles. The van der Waals surface area contributed by atoms with Crippen LogP contribution < -0.4 is 16.1 Å². The molecule has 4 rings (SSSR count). The van der Waals surface area contributed by atoms with E-state index >= 15 is 0 Å². The highest BCUT2D eigenvalue weighted by Crippen LogP contribution is 2.16. The number of thiazole rings is 1. The summed E-state index contributed by atoms with van der Waals surface area (Å²) < 4.78 is 1.50. The summed E-state index contributed by atoms with van der Waals surface area (Å²) in [5, 5.41) is 12.4. The first-order chi connectivity index (χ1) is 15.4. The number of hydrogen-bond acceptors (Lipinski definition) is 6. The molecular weight excluding hydrogens is 450 g/mol. The second-order valence-electron chi connectivity index (χ2n) is 6.71. The van der Waals surface area contributed by atoms with Crippen LogP contribution in [0.2, 0.25) is 5.02 Å². The molecule has 32 heavy (non-hydrogen) atoms. The molecule has 4 aromatic rings. The molecule has 0 atom stereocenters.